The third-order valence-electron chi connectivity index (χ3n) is 10.2. The molecule has 6 rings (SSSR count). The molecule has 10 nitrogen and oxygen atoms in total. The zero-order valence-electron chi connectivity index (χ0n) is 33.0. The zero-order chi connectivity index (χ0) is 40.0. The molecular weight excluding hydrogens is 713 g/mol. The Balaban J connectivity index is 0.977. The summed E-state index contributed by atoms with van der Waals surface area (Å²) in [6, 6.07) is 31.6. The predicted octanol–water partition coefficient (Wildman–Crippen LogP) is 9.00. The van der Waals surface area contributed by atoms with E-state index in [4.69, 9.17) is 9.47 Å². The highest BCUT2D eigenvalue weighted by Crippen LogP contribution is 2.44. The number of benzene rings is 2. The molecule has 0 saturated heterocycles. The summed E-state index contributed by atoms with van der Waals surface area (Å²) in [4.78, 5) is 42.3. The number of nitrogens with zero attached hydrogens (tertiary/aromatic N) is 4. The molecule has 4 heterocycles. The van der Waals surface area contributed by atoms with Crippen LogP contribution in [0.25, 0.3) is 0 Å². The van der Waals surface area contributed by atoms with Gasteiger partial charge in [0.25, 0.3) is 11.8 Å². The lowest BCUT2D eigenvalue weighted by Crippen LogP contribution is -2.24. The lowest BCUT2D eigenvalue weighted by molar-refractivity contribution is 0.0939. The molecule has 0 bridgehead atoms. The molecule has 57 heavy (non-hydrogen) atoms. The molecule has 4 aromatic heterocycles. The molecule has 2 amide bonds. The van der Waals surface area contributed by atoms with Gasteiger partial charge in [-0.05, 0) is 93.8 Å². The van der Waals surface area contributed by atoms with E-state index in [1.807, 2.05) is 24.3 Å². The van der Waals surface area contributed by atoms with E-state index in [-0.39, 0.29) is 17.2 Å². The summed E-state index contributed by atoms with van der Waals surface area (Å²) in [5.74, 6) is 1.03. The minimum absolute atomic E-state index is 0.0386. The van der Waals surface area contributed by atoms with Crippen molar-refractivity contribution in [1.82, 2.24) is 30.6 Å². The SMILES string of the molecule is CCC(c1ccc(COc2ccc(C(=O)NCc3cccnc3)cn2)cc1)C(C)(C)CC(C)c1ccc(COc2ncccc2C(=O)NCc2cccnc2)cc1. The second kappa shape index (κ2) is 19.4. The molecule has 2 unspecified atom stereocenters. The van der Waals surface area contributed by atoms with Crippen molar-refractivity contribution >= 4 is 11.8 Å². The van der Waals surface area contributed by atoms with Gasteiger partial charge in [-0.1, -0.05) is 88.4 Å². The number of amides is 2. The van der Waals surface area contributed by atoms with E-state index in [9.17, 15) is 9.59 Å². The van der Waals surface area contributed by atoms with Gasteiger partial charge < -0.3 is 20.1 Å². The standard InChI is InChI=1S/C47H50N6O4/c1-5-42(39-18-14-34(15-19-39)31-56-43-21-20-40(30-51-43)44(54)52-28-36-9-6-22-48-26-36)47(3,4)25-33(2)38-16-12-35(13-17-38)32-57-46-41(11-8-24-50-46)45(55)53-29-37-10-7-23-49-27-37/h6-24,26-27,30,33,42H,5,25,28-29,31-32H2,1-4H3,(H,52,54)(H,53,55). The Bertz CT molecular complexity index is 2180. The van der Waals surface area contributed by atoms with E-state index in [1.165, 1.54) is 17.3 Å². The smallest absolute Gasteiger partial charge is 0.257 e. The first-order valence-corrected chi connectivity index (χ1v) is 19.4. The number of aromatic nitrogens is 4. The van der Waals surface area contributed by atoms with Crippen LogP contribution >= 0.6 is 0 Å². The van der Waals surface area contributed by atoms with E-state index >= 15 is 0 Å². The van der Waals surface area contributed by atoms with Crippen molar-refractivity contribution in [3.05, 3.63) is 179 Å². The molecule has 0 saturated carbocycles. The van der Waals surface area contributed by atoms with Crippen LogP contribution in [0, 0.1) is 5.41 Å². The van der Waals surface area contributed by atoms with Crippen molar-refractivity contribution in [2.24, 2.45) is 5.41 Å². The average molecular weight is 763 g/mol. The molecule has 2 N–H and O–H groups in total. The molecule has 6 aromatic rings. The third-order valence-corrected chi connectivity index (χ3v) is 10.2. The maximum Gasteiger partial charge on any atom is 0.257 e. The van der Waals surface area contributed by atoms with Crippen LogP contribution in [0.1, 0.15) is 106 Å². The van der Waals surface area contributed by atoms with Gasteiger partial charge in [0.15, 0.2) is 0 Å². The number of carbonyl (C=O) groups excluding carboxylic acids is 2. The fourth-order valence-corrected chi connectivity index (χ4v) is 7.23. The number of ether oxygens (including phenoxy) is 2. The number of rotatable bonds is 18. The number of nitrogens with one attached hydrogen (secondary N) is 2. The largest absolute Gasteiger partial charge is 0.473 e. The topological polar surface area (TPSA) is 128 Å². The van der Waals surface area contributed by atoms with Crippen LogP contribution in [0.4, 0.5) is 0 Å². The second-order valence-corrected chi connectivity index (χ2v) is 14.9. The Morgan fingerprint density at radius 1 is 0.649 bits per heavy atom. The van der Waals surface area contributed by atoms with Crippen LogP contribution in [-0.4, -0.2) is 31.8 Å². The van der Waals surface area contributed by atoms with Gasteiger partial charge in [-0.2, -0.15) is 0 Å². The molecule has 0 radical (unpaired) electrons. The van der Waals surface area contributed by atoms with Crippen LogP contribution in [0.3, 0.4) is 0 Å². The Morgan fingerprint density at radius 3 is 1.82 bits per heavy atom. The first-order valence-electron chi connectivity index (χ1n) is 19.4. The van der Waals surface area contributed by atoms with Gasteiger partial charge in [0.2, 0.25) is 11.8 Å². The van der Waals surface area contributed by atoms with Crippen LogP contribution in [-0.2, 0) is 26.3 Å². The van der Waals surface area contributed by atoms with Crippen molar-refractivity contribution in [2.75, 3.05) is 0 Å². The first-order chi connectivity index (χ1) is 27.7. The average Bonchev–Trinajstić information content (AvgIpc) is 3.25. The highest BCUT2D eigenvalue weighted by Gasteiger charge is 2.31. The van der Waals surface area contributed by atoms with Gasteiger partial charge in [-0.25, -0.2) is 9.97 Å². The summed E-state index contributed by atoms with van der Waals surface area (Å²) < 4.78 is 12.0. The maximum atomic E-state index is 12.9. The highest BCUT2D eigenvalue weighted by atomic mass is 16.5. The molecule has 292 valence electrons. The van der Waals surface area contributed by atoms with E-state index in [0.29, 0.717) is 61.0 Å². The number of pyridine rings is 4. The van der Waals surface area contributed by atoms with E-state index in [0.717, 1.165) is 35.1 Å². The van der Waals surface area contributed by atoms with E-state index < -0.39 is 0 Å². The summed E-state index contributed by atoms with van der Waals surface area (Å²) in [7, 11) is 0. The quantitative estimate of drug-likeness (QED) is 0.0889. The van der Waals surface area contributed by atoms with Gasteiger partial charge in [-0.15, -0.1) is 0 Å². The summed E-state index contributed by atoms with van der Waals surface area (Å²) in [6.45, 7) is 10.7. The third kappa shape index (κ3) is 11.3. The van der Waals surface area contributed by atoms with Crippen LogP contribution < -0.4 is 20.1 Å². The normalized spacial score (nSPS) is 12.3. The summed E-state index contributed by atoms with van der Waals surface area (Å²) in [5.41, 5.74) is 7.37. The molecule has 10 heteroatoms. The maximum absolute atomic E-state index is 12.9. The van der Waals surface area contributed by atoms with Gasteiger partial charge >= 0.3 is 0 Å². The second-order valence-electron chi connectivity index (χ2n) is 14.9. The molecule has 0 aliphatic rings. The summed E-state index contributed by atoms with van der Waals surface area (Å²) in [5, 5.41) is 5.81. The fraction of sp³-hybridized carbons (Fsp3) is 0.277. The van der Waals surface area contributed by atoms with Crippen molar-refractivity contribution in [1.29, 1.82) is 0 Å². The number of hydrogen-bond acceptors (Lipinski definition) is 8. The van der Waals surface area contributed by atoms with Gasteiger partial charge in [0.1, 0.15) is 18.8 Å². The lowest BCUT2D eigenvalue weighted by Gasteiger charge is -2.37. The lowest BCUT2D eigenvalue weighted by atomic mass is 9.68. The summed E-state index contributed by atoms with van der Waals surface area (Å²) in [6.07, 6.45) is 12.1. The van der Waals surface area contributed by atoms with Crippen molar-refractivity contribution in [2.45, 2.75) is 78.7 Å². The Labute approximate surface area is 335 Å². The van der Waals surface area contributed by atoms with E-state index in [2.05, 4.69) is 107 Å². The molecule has 0 aliphatic carbocycles. The zero-order valence-corrected chi connectivity index (χ0v) is 33.0. The molecular formula is C47H50N6O4. The Hall–Kier alpha value is -6.42. The van der Waals surface area contributed by atoms with Crippen molar-refractivity contribution < 1.29 is 19.1 Å². The van der Waals surface area contributed by atoms with Crippen LogP contribution in [0.2, 0.25) is 0 Å². The van der Waals surface area contributed by atoms with Gasteiger partial charge in [-0.3, -0.25) is 19.6 Å². The Morgan fingerprint density at radius 2 is 1.25 bits per heavy atom. The fourth-order valence-electron chi connectivity index (χ4n) is 7.23. The molecule has 0 aliphatic heterocycles. The Kier molecular flexibility index (Phi) is 13.7. The number of hydrogen-bond donors (Lipinski definition) is 2. The molecule has 2 aromatic carbocycles. The van der Waals surface area contributed by atoms with Crippen LogP contribution in [0.15, 0.2) is 134 Å². The minimum atomic E-state index is -0.249. The van der Waals surface area contributed by atoms with Crippen LogP contribution in [0.5, 0.6) is 11.8 Å². The number of carbonyl (C=O) groups is 2. The monoisotopic (exact) mass is 762 g/mol. The highest BCUT2D eigenvalue weighted by molar-refractivity contribution is 5.96. The minimum Gasteiger partial charge on any atom is -0.473 e. The molecule has 2 atom stereocenters. The first kappa shape index (κ1) is 40.2. The van der Waals surface area contributed by atoms with E-state index in [1.54, 1.807) is 55.2 Å². The predicted molar refractivity (Wildman–Crippen MR) is 221 cm³/mol. The van der Waals surface area contributed by atoms with Crippen molar-refractivity contribution in [3.63, 3.8) is 0 Å². The van der Waals surface area contributed by atoms with Crippen molar-refractivity contribution in [3.8, 4) is 11.8 Å². The summed E-state index contributed by atoms with van der Waals surface area (Å²) >= 11 is 0. The van der Waals surface area contributed by atoms with Gasteiger partial charge in [0, 0.05) is 56.3 Å². The molecule has 0 fully saturated rings. The van der Waals surface area contributed by atoms with Gasteiger partial charge in [0.05, 0.1) is 5.56 Å². The molecule has 0 spiro atoms.